The van der Waals surface area contributed by atoms with Crippen LogP contribution in [0.1, 0.15) is 39.0 Å². The first-order valence-electron chi connectivity index (χ1n) is 7.53. The van der Waals surface area contributed by atoms with E-state index < -0.39 is 0 Å². The van der Waals surface area contributed by atoms with Crippen molar-refractivity contribution in [2.24, 2.45) is 0 Å². The van der Waals surface area contributed by atoms with Gasteiger partial charge in [0, 0.05) is 38.3 Å². The van der Waals surface area contributed by atoms with E-state index in [0.717, 1.165) is 32.0 Å². The summed E-state index contributed by atoms with van der Waals surface area (Å²) in [5, 5.41) is 13.3. The molecule has 0 aromatic carbocycles. The predicted molar refractivity (Wildman–Crippen MR) is 72.7 cm³/mol. The molecule has 1 saturated carbocycles. The summed E-state index contributed by atoms with van der Waals surface area (Å²) in [6.45, 7) is 6.43. The summed E-state index contributed by atoms with van der Waals surface area (Å²) in [7, 11) is 0. The number of aliphatic hydroxyl groups is 1. The SMILES string of the molecule is CCCCOCC(O)CNC1CCN(C2CC2)C1. The lowest BCUT2D eigenvalue weighted by atomic mass is 10.2. The van der Waals surface area contributed by atoms with Crippen LogP contribution in [0.4, 0.5) is 0 Å². The molecule has 2 unspecified atom stereocenters. The fraction of sp³-hybridized carbons (Fsp3) is 1.00. The standard InChI is InChI=1S/C14H28N2O2/c1-2-3-8-18-11-14(17)9-15-12-6-7-16(10-12)13-4-5-13/h12-15,17H,2-11H2,1H3. The van der Waals surface area contributed by atoms with Gasteiger partial charge >= 0.3 is 0 Å². The molecule has 1 aliphatic heterocycles. The molecule has 2 N–H and O–H groups in total. The minimum Gasteiger partial charge on any atom is -0.389 e. The topological polar surface area (TPSA) is 44.7 Å². The van der Waals surface area contributed by atoms with Gasteiger partial charge in [-0.2, -0.15) is 0 Å². The van der Waals surface area contributed by atoms with Gasteiger partial charge in [-0.15, -0.1) is 0 Å². The van der Waals surface area contributed by atoms with Gasteiger partial charge in [0.25, 0.3) is 0 Å². The third-order valence-corrected chi connectivity index (χ3v) is 3.88. The Morgan fingerprint density at radius 1 is 1.39 bits per heavy atom. The molecule has 2 fully saturated rings. The fourth-order valence-electron chi connectivity index (χ4n) is 2.55. The zero-order chi connectivity index (χ0) is 12.8. The van der Waals surface area contributed by atoms with Crippen molar-refractivity contribution in [2.45, 2.75) is 57.2 Å². The van der Waals surface area contributed by atoms with E-state index in [4.69, 9.17) is 4.74 Å². The monoisotopic (exact) mass is 256 g/mol. The van der Waals surface area contributed by atoms with Crippen molar-refractivity contribution in [3.63, 3.8) is 0 Å². The van der Waals surface area contributed by atoms with Crippen LogP contribution in [-0.2, 0) is 4.74 Å². The average molecular weight is 256 g/mol. The molecule has 4 nitrogen and oxygen atoms in total. The van der Waals surface area contributed by atoms with Crippen LogP contribution in [0.5, 0.6) is 0 Å². The van der Waals surface area contributed by atoms with Crippen molar-refractivity contribution in [1.82, 2.24) is 10.2 Å². The Kier molecular flexibility index (Phi) is 5.89. The lowest BCUT2D eigenvalue weighted by Crippen LogP contribution is -2.39. The molecule has 0 aromatic rings. The molecule has 0 aromatic heterocycles. The van der Waals surface area contributed by atoms with Crippen molar-refractivity contribution in [1.29, 1.82) is 0 Å². The molecule has 18 heavy (non-hydrogen) atoms. The highest BCUT2D eigenvalue weighted by atomic mass is 16.5. The number of hydrogen-bond acceptors (Lipinski definition) is 4. The first kappa shape index (κ1) is 14.3. The zero-order valence-electron chi connectivity index (χ0n) is 11.6. The van der Waals surface area contributed by atoms with Crippen molar-refractivity contribution in [3.8, 4) is 0 Å². The largest absolute Gasteiger partial charge is 0.389 e. The number of nitrogens with one attached hydrogen (secondary N) is 1. The molecular weight excluding hydrogens is 228 g/mol. The summed E-state index contributed by atoms with van der Waals surface area (Å²) < 4.78 is 5.42. The van der Waals surface area contributed by atoms with Crippen LogP contribution < -0.4 is 5.32 Å². The van der Waals surface area contributed by atoms with Gasteiger partial charge in [-0.05, 0) is 25.7 Å². The maximum absolute atomic E-state index is 9.80. The summed E-state index contributed by atoms with van der Waals surface area (Å²) in [6, 6.07) is 1.44. The number of hydrogen-bond donors (Lipinski definition) is 2. The van der Waals surface area contributed by atoms with Crippen LogP contribution >= 0.6 is 0 Å². The van der Waals surface area contributed by atoms with Gasteiger partial charge in [0.1, 0.15) is 0 Å². The van der Waals surface area contributed by atoms with Gasteiger partial charge in [0.2, 0.25) is 0 Å². The molecule has 0 amide bonds. The lowest BCUT2D eigenvalue weighted by Gasteiger charge is -2.18. The minimum atomic E-state index is -0.364. The maximum atomic E-state index is 9.80. The highest BCUT2D eigenvalue weighted by Gasteiger charge is 2.34. The zero-order valence-corrected chi connectivity index (χ0v) is 11.6. The van der Waals surface area contributed by atoms with Crippen molar-refractivity contribution in [3.05, 3.63) is 0 Å². The molecule has 1 heterocycles. The average Bonchev–Trinajstić information content (AvgIpc) is 3.12. The van der Waals surface area contributed by atoms with E-state index in [2.05, 4.69) is 17.1 Å². The maximum Gasteiger partial charge on any atom is 0.0897 e. The number of unbranched alkanes of at least 4 members (excludes halogenated alkanes) is 1. The predicted octanol–water partition coefficient (Wildman–Crippen LogP) is 0.990. The highest BCUT2D eigenvalue weighted by Crippen LogP contribution is 2.29. The number of aliphatic hydroxyl groups excluding tert-OH is 1. The second-order valence-electron chi connectivity index (χ2n) is 5.70. The van der Waals surface area contributed by atoms with E-state index in [1.165, 1.54) is 25.8 Å². The molecule has 1 aliphatic carbocycles. The Balaban J connectivity index is 1.49. The van der Waals surface area contributed by atoms with Gasteiger partial charge in [0.15, 0.2) is 0 Å². The first-order valence-corrected chi connectivity index (χ1v) is 7.53. The summed E-state index contributed by atoms with van der Waals surface area (Å²) in [5.74, 6) is 0. The van der Waals surface area contributed by atoms with Crippen LogP contribution in [0.2, 0.25) is 0 Å². The van der Waals surface area contributed by atoms with Gasteiger partial charge < -0.3 is 15.2 Å². The Morgan fingerprint density at radius 3 is 2.94 bits per heavy atom. The lowest BCUT2D eigenvalue weighted by molar-refractivity contribution is 0.0347. The Morgan fingerprint density at radius 2 is 2.22 bits per heavy atom. The van der Waals surface area contributed by atoms with E-state index in [1.807, 2.05) is 0 Å². The Bertz CT molecular complexity index is 234. The van der Waals surface area contributed by atoms with Gasteiger partial charge in [0.05, 0.1) is 12.7 Å². The molecule has 0 radical (unpaired) electrons. The van der Waals surface area contributed by atoms with E-state index >= 15 is 0 Å². The van der Waals surface area contributed by atoms with Gasteiger partial charge in [-0.3, -0.25) is 4.90 Å². The quantitative estimate of drug-likeness (QED) is 0.604. The molecule has 1 saturated heterocycles. The Labute approximate surface area is 111 Å². The number of likely N-dealkylation sites (tertiary alicyclic amines) is 1. The van der Waals surface area contributed by atoms with Crippen LogP contribution in [0.15, 0.2) is 0 Å². The third-order valence-electron chi connectivity index (χ3n) is 3.88. The molecule has 2 rings (SSSR count). The molecular formula is C14H28N2O2. The second kappa shape index (κ2) is 7.43. The third kappa shape index (κ3) is 4.84. The van der Waals surface area contributed by atoms with Crippen molar-refractivity contribution in [2.75, 3.05) is 32.8 Å². The van der Waals surface area contributed by atoms with E-state index in [0.29, 0.717) is 19.2 Å². The molecule has 2 aliphatic rings. The second-order valence-corrected chi connectivity index (χ2v) is 5.70. The fourth-order valence-corrected chi connectivity index (χ4v) is 2.55. The summed E-state index contributed by atoms with van der Waals surface area (Å²) in [6.07, 6.45) is 5.87. The van der Waals surface area contributed by atoms with Crippen LogP contribution in [-0.4, -0.2) is 61.0 Å². The van der Waals surface area contributed by atoms with Crippen LogP contribution in [0.3, 0.4) is 0 Å². The minimum absolute atomic E-state index is 0.364. The van der Waals surface area contributed by atoms with Crippen molar-refractivity contribution >= 4 is 0 Å². The summed E-state index contributed by atoms with van der Waals surface area (Å²) in [4.78, 5) is 2.59. The summed E-state index contributed by atoms with van der Waals surface area (Å²) in [5.41, 5.74) is 0. The van der Waals surface area contributed by atoms with E-state index in [-0.39, 0.29) is 6.10 Å². The number of nitrogens with zero attached hydrogens (tertiary/aromatic N) is 1. The molecule has 4 heteroatoms. The normalized spacial score (nSPS) is 26.7. The highest BCUT2D eigenvalue weighted by molar-refractivity contribution is 4.91. The first-order chi connectivity index (χ1) is 8.79. The molecule has 0 spiro atoms. The molecule has 2 atom stereocenters. The van der Waals surface area contributed by atoms with Crippen molar-refractivity contribution < 1.29 is 9.84 Å². The summed E-state index contributed by atoms with van der Waals surface area (Å²) >= 11 is 0. The van der Waals surface area contributed by atoms with Gasteiger partial charge in [-0.1, -0.05) is 13.3 Å². The smallest absolute Gasteiger partial charge is 0.0897 e. The number of ether oxygens (including phenoxy) is 1. The van der Waals surface area contributed by atoms with Crippen LogP contribution in [0, 0.1) is 0 Å². The number of rotatable bonds is 9. The van der Waals surface area contributed by atoms with E-state index in [1.54, 1.807) is 0 Å². The molecule has 0 bridgehead atoms. The van der Waals surface area contributed by atoms with Gasteiger partial charge in [-0.25, -0.2) is 0 Å². The van der Waals surface area contributed by atoms with Crippen LogP contribution in [0.25, 0.3) is 0 Å². The Hall–Kier alpha value is -0.160. The molecule has 106 valence electrons. The van der Waals surface area contributed by atoms with E-state index in [9.17, 15) is 5.11 Å².